The van der Waals surface area contributed by atoms with Gasteiger partial charge in [-0.05, 0) is 42.3 Å². The maximum atomic E-state index is 5.90. The molecule has 4 heteroatoms. The van der Waals surface area contributed by atoms with Crippen molar-refractivity contribution < 1.29 is 14.0 Å². The summed E-state index contributed by atoms with van der Waals surface area (Å²) in [6.07, 6.45) is 6.52. The van der Waals surface area contributed by atoms with Gasteiger partial charge in [0.15, 0.2) is 6.20 Å². The SMILES string of the molecule is CCOCCOCn1c2ccccc2c2cc(/C=C/c3cc[n+](C)c4ccccc34)ccc21. The smallest absolute Gasteiger partial charge is 0.212 e. The summed E-state index contributed by atoms with van der Waals surface area (Å²) in [6.45, 7) is 4.44. The normalized spacial score (nSPS) is 11.9. The predicted octanol–water partition coefficient (Wildman–Crippen LogP) is 5.95. The standard InChI is InChI=1S/C29H29N2O2/c1-3-32-18-19-33-21-31-28-11-7-5-9-25(28)26-20-22(13-15-29(26)31)12-14-23-16-17-30(2)27-10-6-4-8-24(23)27/h4-17,20H,3,18-19,21H2,1-2H3/q+1. The van der Waals surface area contributed by atoms with Crippen LogP contribution in [0.3, 0.4) is 0 Å². The minimum absolute atomic E-state index is 0.513. The molecule has 0 saturated heterocycles. The zero-order valence-electron chi connectivity index (χ0n) is 19.2. The molecule has 3 aromatic carbocycles. The molecule has 5 rings (SSSR count). The van der Waals surface area contributed by atoms with E-state index >= 15 is 0 Å². The van der Waals surface area contributed by atoms with E-state index in [1.807, 2.05) is 6.92 Å². The molecule has 2 heterocycles. The average Bonchev–Trinajstić information content (AvgIpc) is 3.17. The molecular weight excluding hydrogens is 408 g/mol. The molecule has 2 aromatic heterocycles. The lowest BCUT2D eigenvalue weighted by atomic mass is 10.1. The van der Waals surface area contributed by atoms with Crippen LogP contribution in [0.25, 0.3) is 44.9 Å². The van der Waals surface area contributed by atoms with E-state index in [2.05, 4.69) is 107 Å². The Balaban J connectivity index is 1.49. The number of ether oxygens (including phenoxy) is 2. The summed E-state index contributed by atoms with van der Waals surface area (Å²) in [7, 11) is 2.08. The van der Waals surface area contributed by atoms with E-state index < -0.39 is 0 Å². The van der Waals surface area contributed by atoms with Crippen molar-refractivity contribution in [3.8, 4) is 0 Å². The van der Waals surface area contributed by atoms with Crippen molar-refractivity contribution in [2.45, 2.75) is 13.7 Å². The van der Waals surface area contributed by atoms with E-state index in [1.165, 1.54) is 43.8 Å². The second-order valence-corrected chi connectivity index (χ2v) is 8.19. The molecule has 0 bridgehead atoms. The molecule has 5 aromatic rings. The van der Waals surface area contributed by atoms with Gasteiger partial charge < -0.3 is 14.0 Å². The first-order valence-electron chi connectivity index (χ1n) is 11.5. The lowest BCUT2D eigenvalue weighted by Crippen LogP contribution is -2.28. The summed E-state index contributed by atoms with van der Waals surface area (Å²) in [5.41, 5.74) is 5.99. The largest absolute Gasteiger partial charge is 0.379 e. The van der Waals surface area contributed by atoms with E-state index in [9.17, 15) is 0 Å². The number of nitrogens with zero attached hydrogens (tertiary/aromatic N) is 2. The second kappa shape index (κ2) is 9.57. The maximum Gasteiger partial charge on any atom is 0.212 e. The number of benzene rings is 3. The fraction of sp³-hybridized carbons (Fsp3) is 0.207. The Morgan fingerprint density at radius 3 is 2.42 bits per heavy atom. The fourth-order valence-corrected chi connectivity index (χ4v) is 4.45. The van der Waals surface area contributed by atoms with Crippen molar-refractivity contribution in [2.24, 2.45) is 7.05 Å². The lowest BCUT2D eigenvalue weighted by Gasteiger charge is -2.09. The molecule has 0 N–H and O–H groups in total. The van der Waals surface area contributed by atoms with E-state index in [-0.39, 0.29) is 0 Å². The Bertz CT molecular complexity index is 1450. The van der Waals surface area contributed by atoms with Gasteiger partial charge in [-0.1, -0.05) is 48.6 Å². The van der Waals surface area contributed by atoms with Crippen molar-refractivity contribution in [1.29, 1.82) is 0 Å². The summed E-state index contributed by atoms with van der Waals surface area (Å²) in [4.78, 5) is 0. The number of rotatable bonds is 8. The number of aromatic nitrogens is 2. The number of fused-ring (bicyclic) bond motifs is 4. The monoisotopic (exact) mass is 437 g/mol. The molecule has 0 radical (unpaired) electrons. The van der Waals surface area contributed by atoms with Crippen molar-refractivity contribution in [3.05, 3.63) is 90.1 Å². The highest BCUT2D eigenvalue weighted by Crippen LogP contribution is 2.30. The van der Waals surface area contributed by atoms with Gasteiger partial charge in [0.25, 0.3) is 0 Å². The van der Waals surface area contributed by atoms with Gasteiger partial charge in [0.2, 0.25) is 5.52 Å². The summed E-state index contributed by atoms with van der Waals surface area (Å²) in [5, 5.41) is 3.74. The Hall–Kier alpha value is -3.47. The summed E-state index contributed by atoms with van der Waals surface area (Å²) in [6, 6.07) is 25.9. The molecule has 33 heavy (non-hydrogen) atoms. The highest BCUT2D eigenvalue weighted by molar-refractivity contribution is 6.08. The molecule has 0 aliphatic carbocycles. The number of pyridine rings is 1. The van der Waals surface area contributed by atoms with Crippen LogP contribution in [0.5, 0.6) is 0 Å². The van der Waals surface area contributed by atoms with Crippen LogP contribution in [-0.2, 0) is 23.3 Å². The van der Waals surface area contributed by atoms with E-state index in [0.717, 1.165) is 0 Å². The first-order chi connectivity index (χ1) is 16.3. The highest BCUT2D eigenvalue weighted by atomic mass is 16.5. The molecule has 0 aliphatic heterocycles. The van der Waals surface area contributed by atoms with Gasteiger partial charge in [-0.25, -0.2) is 4.57 Å². The van der Waals surface area contributed by atoms with E-state index in [4.69, 9.17) is 9.47 Å². The first kappa shape index (κ1) is 21.4. The van der Waals surface area contributed by atoms with Gasteiger partial charge in [0.05, 0.1) is 29.6 Å². The van der Waals surface area contributed by atoms with Crippen LogP contribution >= 0.6 is 0 Å². The van der Waals surface area contributed by atoms with Crippen molar-refractivity contribution in [1.82, 2.24) is 4.57 Å². The third-order valence-electron chi connectivity index (χ3n) is 6.12. The van der Waals surface area contributed by atoms with Crippen LogP contribution in [-0.4, -0.2) is 24.4 Å². The summed E-state index contributed by atoms with van der Waals surface area (Å²) < 4.78 is 15.7. The van der Waals surface area contributed by atoms with Crippen molar-refractivity contribution >= 4 is 44.9 Å². The van der Waals surface area contributed by atoms with Crippen LogP contribution in [0, 0.1) is 0 Å². The molecule has 0 unspecified atom stereocenters. The molecule has 4 nitrogen and oxygen atoms in total. The number of aryl methyl sites for hydroxylation is 1. The second-order valence-electron chi connectivity index (χ2n) is 8.19. The molecular formula is C29H29N2O2+. The van der Waals surface area contributed by atoms with Gasteiger partial charge in [0, 0.05) is 29.5 Å². The van der Waals surface area contributed by atoms with Gasteiger partial charge in [-0.15, -0.1) is 0 Å². The quantitative estimate of drug-likeness (QED) is 0.221. The van der Waals surface area contributed by atoms with Gasteiger partial charge in [-0.3, -0.25) is 0 Å². The third-order valence-corrected chi connectivity index (χ3v) is 6.12. The third kappa shape index (κ3) is 4.28. The van der Waals surface area contributed by atoms with Crippen LogP contribution in [0.1, 0.15) is 18.1 Å². The van der Waals surface area contributed by atoms with Crippen LogP contribution in [0.4, 0.5) is 0 Å². The van der Waals surface area contributed by atoms with E-state index in [1.54, 1.807) is 0 Å². The fourth-order valence-electron chi connectivity index (χ4n) is 4.45. The van der Waals surface area contributed by atoms with Gasteiger partial charge in [-0.2, -0.15) is 0 Å². The molecule has 0 aliphatic rings. The Morgan fingerprint density at radius 2 is 1.55 bits per heavy atom. The van der Waals surface area contributed by atoms with E-state index in [0.29, 0.717) is 26.6 Å². The van der Waals surface area contributed by atoms with Crippen LogP contribution < -0.4 is 4.57 Å². The minimum atomic E-state index is 0.513. The molecule has 0 spiro atoms. The topological polar surface area (TPSA) is 27.3 Å². The number of hydrogen-bond donors (Lipinski definition) is 0. The van der Waals surface area contributed by atoms with Crippen LogP contribution in [0.15, 0.2) is 79.0 Å². The highest BCUT2D eigenvalue weighted by Gasteiger charge is 2.11. The van der Waals surface area contributed by atoms with Crippen molar-refractivity contribution in [2.75, 3.05) is 19.8 Å². The summed E-state index contributed by atoms with van der Waals surface area (Å²) >= 11 is 0. The van der Waals surface area contributed by atoms with Gasteiger partial charge >= 0.3 is 0 Å². The average molecular weight is 438 g/mol. The molecule has 0 amide bonds. The number of para-hydroxylation sites is 2. The number of hydrogen-bond acceptors (Lipinski definition) is 2. The van der Waals surface area contributed by atoms with Crippen molar-refractivity contribution in [3.63, 3.8) is 0 Å². The summed E-state index contributed by atoms with van der Waals surface area (Å²) in [5.74, 6) is 0. The molecule has 166 valence electrons. The zero-order chi connectivity index (χ0) is 22.6. The Labute approximate surface area is 194 Å². The predicted molar refractivity (Wildman–Crippen MR) is 136 cm³/mol. The lowest BCUT2D eigenvalue weighted by molar-refractivity contribution is -0.644. The minimum Gasteiger partial charge on any atom is -0.379 e. The molecule has 0 atom stereocenters. The Kier molecular flexibility index (Phi) is 6.20. The molecule has 0 fully saturated rings. The molecule has 0 saturated carbocycles. The maximum absolute atomic E-state index is 5.90. The first-order valence-corrected chi connectivity index (χ1v) is 11.5. The van der Waals surface area contributed by atoms with Gasteiger partial charge in [0.1, 0.15) is 13.8 Å². The zero-order valence-corrected chi connectivity index (χ0v) is 19.2. The Morgan fingerprint density at radius 1 is 0.788 bits per heavy atom. The van der Waals surface area contributed by atoms with Crippen LogP contribution in [0.2, 0.25) is 0 Å².